The highest BCUT2D eigenvalue weighted by Gasteiger charge is 2.29. The molecule has 1 aliphatic rings. The van der Waals surface area contributed by atoms with Crippen molar-refractivity contribution < 1.29 is 5.11 Å². The summed E-state index contributed by atoms with van der Waals surface area (Å²) in [4.78, 5) is 0. The molecule has 13 heavy (non-hydrogen) atoms. The molecular weight excluding hydrogens is 178 g/mol. The molecule has 0 amide bonds. The van der Waals surface area contributed by atoms with Crippen molar-refractivity contribution in [3.63, 3.8) is 0 Å². The highest BCUT2D eigenvalue weighted by atomic mass is 28.3. The molecule has 0 saturated carbocycles. The molecule has 3 heteroatoms. The molecule has 0 saturated heterocycles. The lowest BCUT2D eigenvalue weighted by Gasteiger charge is -2.31. The summed E-state index contributed by atoms with van der Waals surface area (Å²) in [6, 6.07) is 6.91. The second kappa shape index (κ2) is 2.77. The van der Waals surface area contributed by atoms with Crippen LogP contribution in [-0.4, -0.2) is 19.7 Å². The number of hydrogen-bond acceptors (Lipinski definition) is 2. The Morgan fingerprint density at radius 2 is 2.15 bits per heavy atom. The summed E-state index contributed by atoms with van der Waals surface area (Å²) in [5.41, 5.74) is 1.22. The second-order valence-electron chi connectivity index (χ2n) is 4.29. The Bertz CT molecular complexity index is 336. The standard InChI is InChI=1S/C10H15NOSi/c1-13(2)6-5-11-9-4-3-8(12)7-10(9)13/h3-4,7,11-12H,5-6H2,1-2H3. The molecule has 70 valence electrons. The van der Waals surface area contributed by atoms with E-state index in [1.165, 1.54) is 16.9 Å². The molecule has 0 spiro atoms. The summed E-state index contributed by atoms with van der Waals surface area (Å²) in [6.07, 6.45) is 0. The fourth-order valence-electron chi connectivity index (χ4n) is 1.89. The van der Waals surface area contributed by atoms with Crippen molar-refractivity contribution in [2.45, 2.75) is 19.1 Å². The van der Waals surface area contributed by atoms with E-state index in [9.17, 15) is 5.11 Å². The zero-order chi connectivity index (χ0) is 9.47. The topological polar surface area (TPSA) is 32.3 Å². The Balaban J connectivity index is 2.55. The largest absolute Gasteiger partial charge is 0.508 e. The van der Waals surface area contributed by atoms with Crippen LogP contribution in [0.2, 0.25) is 19.1 Å². The van der Waals surface area contributed by atoms with Crippen molar-refractivity contribution in [1.29, 1.82) is 0 Å². The molecule has 1 aromatic rings. The van der Waals surface area contributed by atoms with Gasteiger partial charge in [-0.2, -0.15) is 0 Å². The highest BCUT2D eigenvalue weighted by Crippen LogP contribution is 2.23. The van der Waals surface area contributed by atoms with Crippen molar-refractivity contribution in [2.75, 3.05) is 11.9 Å². The van der Waals surface area contributed by atoms with Gasteiger partial charge >= 0.3 is 0 Å². The zero-order valence-corrected chi connectivity index (χ0v) is 9.09. The molecule has 1 aromatic carbocycles. The van der Waals surface area contributed by atoms with Crippen LogP contribution in [0.5, 0.6) is 5.75 Å². The Morgan fingerprint density at radius 1 is 1.38 bits per heavy atom. The first-order valence-corrected chi connectivity index (χ1v) is 7.88. The molecule has 0 aliphatic carbocycles. The number of rotatable bonds is 0. The minimum Gasteiger partial charge on any atom is -0.508 e. The van der Waals surface area contributed by atoms with Crippen molar-refractivity contribution >= 4 is 18.9 Å². The lowest BCUT2D eigenvalue weighted by atomic mass is 10.3. The number of benzene rings is 1. The van der Waals surface area contributed by atoms with Crippen molar-refractivity contribution in [1.82, 2.24) is 0 Å². The van der Waals surface area contributed by atoms with Crippen molar-refractivity contribution in [2.24, 2.45) is 0 Å². The summed E-state index contributed by atoms with van der Waals surface area (Å²) in [5, 5.41) is 14.1. The molecule has 2 nitrogen and oxygen atoms in total. The highest BCUT2D eigenvalue weighted by molar-refractivity contribution is 6.91. The minimum absolute atomic E-state index is 0.392. The smallest absolute Gasteiger partial charge is 0.115 e. The predicted molar refractivity (Wildman–Crippen MR) is 58.5 cm³/mol. The number of nitrogens with one attached hydrogen (secondary N) is 1. The maximum atomic E-state index is 9.41. The van der Waals surface area contributed by atoms with Gasteiger partial charge in [0.05, 0.1) is 8.07 Å². The Hall–Kier alpha value is -0.963. The predicted octanol–water partition coefficient (Wildman–Crippen LogP) is 1.73. The van der Waals surface area contributed by atoms with Gasteiger partial charge in [-0.3, -0.25) is 0 Å². The van der Waals surface area contributed by atoms with Gasteiger partial charge in [0, 0.05) is 12.2 Å². The molecular formula is C10H15NOSi. The Labute approximate surface area is 79.6 Å². The molecule has 0 unspecified atom stereocenters. The van der Waals surface area contributed by atoms with E-state index in [1.807, 2.05) is 12.1 Å². The van der Waals surface area contributed by atoms with Crippen LogP contribution in [0.3, 0.4) is 0 Å². The van der Waals surface area contributed by atoms with Crippen LogP contribution in [0.1, 0.15) is 0 Å². The van der Waals surface area contributed by atoms with E-state index in [0.717, 1.165) is 6.54 Å². The van der Waals surface area contributed by atoms with E-state index in [0.29, 0.717) is 5.75 Å². The van der Waals surface area contributed by atoms with E-state index < -0.39 is 8.07 Å². The summed E-state index contributed by atoms with van der Waals surface area (Å²) in [7, 11) is -1.27. The Kier molecular flexibility index (Phi) is 1.84. The van der Waals surface area contributed by atoms with Crippen LogP contribution in [0.4, 0.5) is 5.69 Å². The van der Waals surface area contributed by atoms with Crippen LogP contribution in [0, 0.1) is 0 Å². The fourth-order valence-corrected chi connectivity index (χ4v) is 4.35. The van der Waals surface area contributed by atoms with Crippen LogP contribution in [-0.2, 0) is 0 Å². The van der Waals surface area contributed by atoms with Gasteiger partial charge in [-0.05, 0) is 29.4 Å². The van der Waals surface area contributed by atoms with E-state index >= 15 is 0 Å². The van der Waals surface area contributed by atoms with Gasteiger partial charge in [0.25, 0.3) is 0 Å². The van der Waals surface area contributed by atoms with Gasteiger partial charge in [-0.1, -0.05) is 13.1 Å². The fraction of sp³-hybridized carbons (Fsp3) is 0.400. The van der Waals surface area contributed by atoms with Crippen LogP contribution in [0.15, 0.2) is 18.2 Å². The molecule has 0 fully saturated rings. The third-order valence-corrected chi connectivity index (χ3v) is 6.17. The number of hydrogen-bond donors (Lipinski definition) is 2. The molecule has 0 radical (unpaired) electrons. The maximum Gasteiger partial charge on any atom is 0.115 e. The number of phenols is 1. The first-order valence-electron chi connectivity index (χ1n) is 4.67. The van der Waals surface area contributed by atoms with Crippen molar-refractivity contribution in [3.8, 4) is 5.75 Å². The SMILES string of the molecule is C[Si]1(C)CCNc2ccc(O)cc21. The monoisotopic (exact) mass is 193 g/mol. The molecule has 0 bridgehead atoms. The molecule has 0 aromatic heterocycles. The van der Waals surface area contributed by atoms with E-state index in [4.69, 9.17) is 0 Å². The third-order valence-electron chi connectivity index (χ3n) is 2.80. The summed E-state index contributed by atoms with van der Waals surface area (Å²) in [6.45, 7) is 5.79. The molecule has 2 N–H and O–H groups in total. The zero-order valence-electron chi connectivity index (χ0n) is 8.09. The van der Waals surface area contributed by atoms with Gasteiger partial charge in [-0.25, -0.2) is 0 Å². The summed E-state index contributed by atoms with van der Waals surface area (Å²) >= 11 is 0. The molecule has 1 aliphatic heterocycles. The molecule has 1 heterocycles. The minimum atomic E-state index is -1.27. The number of anilines is 1. The van der Waals surface area contributed by atoms with Crippen molar-refractivity contribution in [3.05, 3.63) is 18.2 Å². The van der Waals surface area contributed by atoms with Gasteiger partial charge in [0.15, 0.2) is 0 Å². The van der Waals surface area contributed by atoms with Gasteiger partial charge in [0.1, 0.15) is 5.75 Å². The van der Waals surface area contributed by atoms with Gasteiger partial charge in [-0.15, -0.1) is 0 Å². The van der Waals surface area contributed by atoms with Crippen LogP contribution < -0.4 is 10.5 Å². The van der Waals surface area contributed by atoms with Gasteiger partial charge < -0.3 is 10.4 Å². The summed E-state index contributed by atoms with van der Waals surface area (Å²) in [5.74, 6) is 0.392. The summed E-state index contributed by atoms with van der Waals surface area (Å²) < 4.78 is 0. The first kappa shape index (κ1) is 8.63. The van der Waals surface area contributed by atoms with E-state index in [1.54, 1.807) is 6.07 Å². The number of aromatic hydroxyl groups is 1. The molecule has 0 atom stereocenters. The lowest BCUT2D eigenvalue weighted by molar-refractivity contribution is 0.476. The van der Waals surface area contributed by atoms with Gasteiger partial charge in [0.2, 0.25) is 0 Å². The average molecular weight is 193 g/mol. The normalized spacial score (nSPS) is 18.9. The quantitative estimate of drug-likeness (QED) is 0.486. The molecule has 2 rings (SSSR count). The number of phenolic OH excluding ortho intramolecular Hbond substituents is 1. The van der Waals surface area contributed by atoms with E-state index in [-0.39, 0.29) is 0 Å². The second-order valence-corrected chi connectivity index (χ2v) is 9.10. The van der Waals surface area contributed by atoms with E-state index in [2.05, 4.69) is 18.4 Å². The lowest BCUT2D eigenvalue weighted by Crippen LogP contribution is -2.47. The Morgan fingerprint density at radius 3 is 2.92 bits per heavy atom. The number of fused-ring (bicyclic) bond motifs is 1. The van der Waals surface area contributed by atoms with Crippen LogP contribution >= 0.6 is 0 Å². The maximum absolute atomic E-state index is 9.41. The first-order chi connectivity index (χ1) is 6.09. The third kappa shape index (κ3) is 1.44. The van der Waals surface area contributed by atoms with Crippen LogP contribution in [0.25, 0.3) is 0 Å². The average Bonchev–Trinajstić information content (AvgIpc) is 2.06.